The number of rotatable bonds is 0. The van der Waals surface area contributed by atoms with Crippen molar-refractivity contribution in [2.45, 2.75) is 50.5 Å². The van der Waals surface area contributed by atoms with Crippen molar-refractivity contribution in [2.24, 2.45) is 0 Å². The molecule has 0 bridgehead atoms. The molecule has 78 valence electrons. The summed E-state index contributed by atoms with van der Waals surface area (Å²) in [5.41, 5.74) is -0.572. The largest absolute Gasteiger partial charge is 0.323 e. The second-order valence-electron chi connectivity index (χ2n) is 4.26. The number of carbonyl (C=O) groups is 2. The minimum absolute atomic E-state index is 0.121. The lowest BCUT2D eigenvalue weighted by atomic mass is 9.84. The maximum absolute atomic E-state index is 11.6. The summed E-state index contributed by atoms with van der Waals surface area (Å²) >= 11 is 0. The lowest BCUT2D eigenvalue weighted by molar-refractivity contribution is -0.124. The molecule has 2 rings (SSSR count). The maximum atomic E-state index is 11.6. The van der Waals surface area contributed by atoms with Gasteiger partial charge in [0.25, 0.3) is 5.91 Å². The Hall–Kier alpha value is -1.06. The first-order valence-electron chi connectivity index (χ1n) is 5.37. The van der Waals surface area contributed by atoms with Crippen molar-refractivity contribution >= 4 is 11.9 Å². The Morgan fingerprint density at radius 3 is 2.00 bits per heavy atom. The van der Waals surface area contributed by atoms with E-state index in [-0.39, 0.29) is 11.9 Å². The van der Waals surface area contributed by atoms with Gasteiger partial charge in [-0.15, -0.1) is 0 Å². The molecule has 0 unspecified atom stereocenters. The average Bonchev–Trinajstić information content (AvgIpc) is 2.36. The molecular weight excluding hydrogens is 180 g/mol. The molecule has 1 heterocycles. The maximum Gasteiger partial charge on any atom is 0.322 e. The summed E-state index contributed by atoms with van der Waals surface area (Å²) < 4.78 is 0. The van der Waals surface area contributed by atoms with Crippen LogP contribution in [0.2, 0.25) is 0 Å². The van der Waals surface area contributed by atoms with Crippen LogP contribution >= 0.6 is 0 Å². The van der Waals surface area contributed by atoms with Gasteiger partial charge in [-0.3, -0.25) is 10.1 Å². The van der Waals surface area contributed by atoms with E-state index in [9.17, 15) is 9.59 Å². The Morgan fingerprint density at radius 2 is 1.50 bits per heavy atom. The summed E-state index contributed by atoms with van der Waals surface area (Å²) in [6, 6.07) is -0.324. The van der Waals surface area contributed by atoms with Crippen LogP contribution < -0.4 is 10.6 Å². The standard InChI is InChI=1S/C10H16N2O2/c13-8-10(12-9(14)11-8)6-4-2-1-3-5-7-10/h1-7H2,(H2,11,12,13,14). The van der Waals surface area contributed by atoms with Crippen LogP contribution in [0.1, 0.15) is 44.9 Å². The fourth-order valence-corrected chi connectivity index (χ4v) is 2.39. The van der Waals surface area contributed by atoms with Crippen LogP contribution in [0, 0.1) is 0 Å². The van der Waals surface area contributed by atoms with Crippen molar-refractivity contribution in [1.29, 1.82) is 0 Å². The van der Waals surface area contributed by atoms with Crippen molar-refractivity contribution in [3.05, 3.63) is 0 Å². The van der Waals surface area contributed by atoms with Gasteiger partial charge in [0.2, 0.25) is 0 Å². The number of imide groups is 1. The van der Waals surface area contributed by atoms with Crippen molar-refractivity contribution < 1.29 is 9.59 Å². The van der Waals surface area contributed by atoms with Crippen LogP contribution in [0.15, 0.2) is 0 Å². The van der Waals surface area contributed by atoms with Crippen LogP contribution in [0.25, 0.3) is 0 Å². The first-order chi connectivity index (χ1) is 6.73. The van der Waals surface area contributed by atoms with Gasteiger partial charge in [-0.2, -0.15) is 0 Å². The predicted molar refractivity (Wildman–Crippen MR) is 51.7 cm³/mol. The molecule has 0 aromatic carbocycles. The third-order valence-corrected chi connectivity index (χ3v) is 3.22. The molecule has 14 heavy (non-hydrogen) atoms. The molecule has 1 saturated carbocycles. The quantitative estimate of drug-likeness (QED) is 0.574. The Balaban J connectivity index is 2.11. The van der Waals surface area contributed by atoms with Gasteiger partial charge in [-0.1, -0.05) is 32.1 Å². The van der Waals surface area contributed by atoms with E-state index < -0.39 is 5.54 Å². The molecular formula is C10H16N2O2. The second-order valence-corrected chi connectivity index (χ2v) is 4.26. The highest BCUT2D eigenvalue weighted by Gasteiger charge is 2.45. The molecule has 3 amide bonds. The van der Waals surface area contributed by atoms with Gasteiger partial charge in [0.1, 0.15) is 5.54 Å². The summed E-state index contributed by atoms with van der Waals surface area (Å²) in [5.74, 6) is -0.121. The van der Waals surface area contributed by atoms with Crippen LogP contribution in [0.5, 0.6) is 0 Å². The molecule has 1 aliphatic carbocycles. The first-order valence-corrected chi connectivity index (χ1v) is 5.37. The fourth-order valence-electron chi connectivity index (χ4n) is 2.39. The molecule has 4 nitrogen and oxygen atoms in total. The number of urea groups is 1. The van der Waals surface area contributed by atoms with E-state index >= 15 is 0 Å². The van der Waals surface area contributed by atoms with Crippen molar-refractivity contribution in [1.82, 2.24) is 10.6 Å². The van der Waals surface area contributed by atoms with Gasteiger partial charge in [0.05, 0.1) is 0 Å². The Kier molecular flexibility index (Phi) is 2.44. The third-order valence-electron chi connectivity index (χ3n) is 3.22. The SMILES string of the molecule is O=C1NC(=O)C2(CCCCCCC2)N1. The van der Waals surface area contributed by atoms with E-state index in [1.54, 1.807) is 0 Å². The molecule has 4 heteroatoms. The number of hydrogen-bond donors (Lipinski definition) is 2. The zero-order chi connectivity index (χ0) is 10.0. The smallest absolute Gasteiger partial charge is 0.322 e. The first kappa shape index (κ1) is 9.49. The van der Waals surface area contributed by atoms with E-state index in [2.05, 4.69) is 10.6 Å². The topological polar surface area (TPSA) is 58.2 Å². The van der Waals surface area contributed by atoms with Gasteiger partial charge < -0.3 is 5.32 Å². The summed E-state index contributed by atoms with van der Waals surface area (Å²) in [5, 5.41) is 5.12. The molecule has 0 aromatic heterocycles. The summed E-state index contributed by atoms with van der Waals surface area (Å²) in [6.07, 6.45) is 7.26. The lowest BCUT2D eigenvalue weighted by Gasteiger charge is -2.27. The number of hydrogen-bond acceptors (Lipinski definition) is 2. The molecule has 0 radical (unpaired) electrons. The van der Waals surface area contributed by atoms with Gasteiger partial charge in [-0.05, 0) is 12.8 Å². The summed E-state index contributed by atoms with van der Waals surface area (Å²) in [6.45, 7) is 0. The van der Waals surface area contributed by atoms with Gasteiger partial charge in [0, 0.05) is 0 Å². The second kappa shape index (κ2) is 3.59. The third kappa shape index (κ3) is 1.61. The van der Waals surface area contributed by atoms with E-state index in [1.165, 1.54) is 19.3 Å². The number of carbonyl (C=O) groups excluding carboxylic acids is 2. The van der Waals surface area contributed by atoms with E-state index in [1.807, 2.05) is 0 Å². The number of nitrogens with one attached hydrogen (secondary N) is 2. The highest BCUT2D eigenvalue weighted by molar-refractivity contribution is 6.06. The molecule has 1 spiro atoms. The molecule has 0 atom stereocenters. The molecule has 1 aliphatic heterocycles. The zero-order valence-electron chi connectivity index (χ0n) is 8.27. The van der Waals surface area contributed by atoms with Crippen molar-refractivity contribution in [2.75, 3.05) is 0 Å². The van der Waals surface area contributed by atoms with Crippen molar-refractivity contribution in [3.63, 3.8) is 0 Å². The Bertz CT molecular complexity index is 255. The van der Waals surface area contributed by atoms with Crippen LogP contribution in [-0.2, 0) is 4.79 Å². The normalized spacial score (nSPS) is 26.6. The average molecular weight is 196 g/mol. The molecule has 2 aliphatic rings. The molecule has 2 fully saturated rings. The van der Waals surface area contributed by atoms with E-state index in [4.69, 9.17) is 0 Å². The minimum atomic E-state index is -0.572. The fraction of sp³-hybridized carbons (Fsp3) is 0.800. The van der Waals surface area contributed by atoms with Gasteiger partial charge in [-0.25, -0.2) is 4.79 Å². The summed E-state index contributed by atoms with van der Waals surface area (Å²) in [4.78, 5) is 22.7. The monoisotopic (exact) mass is 196 g/mol. The van der Waals surface area contributed by atoms with Gasteiger partial charge >= 0.3 is 6.03 Å². The lowest BCUT2D eigenvalue weighted by Crippen LogP contribution is -2.47. The van der Waals surface area contributed by atoms with Gasteiger partial charge in [0.15, 0.2) is 0 Å². The number of amides is 3. The highest BCUT2D eigenvalue weighted by atomic mass is 16.2. The Labute approximate surface area is 83.4 Å². The zero-order valence-corrected chi connectivity index (χ0v) is 8.27. The summed E-state index contributed by atoms with van der Waals surface area (Å²) in [7, 11) is 0. The van der Waals surface area contributed by atoms with Crippen LogP contribution in [0.3, 0.4) is 0 Å². The molecule has 1 saturated heterocycles. The van der Waals surface area contributed by atoms with Crippen LogP contribution in [-0.4, -0.2) is 17.5 Å². The molecule has 0 aromatic rings. The van der Waals surface area contributed by atoms with E-state index in [0.29, 0.717) is 0 Å². The predicted octanol–water partition coefficient (Wildman–Crippen LogP) is 1.31. The van der Waals surface area contributed by atoms with E-state index in [0.717, 1.165) is 25.7 Å². The Morgan fingerprint density at radius 1 is 0.929 bits per heavy atom. The molecule has 2 N–H and O–H groups in total. The van der Waals surface area contributed by atoms with Crippen molar-refractivity contribution in [3.8, 4) is 0 Å². The highest BCUT2D eigenvalue weighted by Crippen LogP contribution is 2.28. The minimum Gasteiger partial charge on any atom is -0.323 e. The van der Waals surface area contributed by atoms with Crippen LogP contribution in [0.4, 0.5) is 4.79 Å².